The zero-order chi connectivity index (χ0) is 22.7. The molecule has 32 heavy (non-hydrogen) atoms. The number of nitrogens with one attached hydrogen (secondary N) is 2. The number of thiazole rings is 1. The number of benzene rings is 2. The molecule has 0 aliphatic carbocycles. The van der Waals surface area contributed by atoms with Gasteiger partial charge in [0.25, 0.3) is 5.91 Å². The Morgan fingerprint density at radius 1 is 1.16 bits per heavy atom. The lowest BCUT2D eigenvalue weighted by Crippen LogP contribution is -2.18. The number of rotatable bonds is 6. The van der Waals surface area contributed by atoms with Crippen LogP contribution in [0.3, 0.4) is 0 Å². The lowest BCUT2D eigenvalue weighted by Gasteiger charge is -2.09. The molecule has 4 rings (SSSR count). The number of aryl methyl sites for hydroxylation is 1. The number of aromatic nitrogens is 2. The van der Waals surface area contributed by atoms with Crippen molar-refractivity contribution in [1.82, 2.24) is 15.0 Å². The quantitative estimate of drug-likeness (QED) is 0.276. The molecule has 4 aromatic rings. The van der Waals surface area contributed by atoms with Crippen molar-refractivity contribution in [2.45, 2.75) is 13.8 Å². The van der Waals surface area contributed by atoms with Gasteiger partial charge in [0.05, 0.1) is 16.7 Å². The van der Waals surface area contributed by atoms with E-state index in [1.54, 1.807) is 18.2 Å². The number of carbonyl (C=O) groups excluding carboxylic acids is 1. The Kier molecular flexibility index (Phi) is 6.34. The Labute approximate surface area is 193 Å². The Balaban J connectivity index is 1.46. The second-order valence-corrected chi connectivity index (χ2v) is 8.35. The maximum Gasteiger partial charge on any atom is 0.273 e. The van der Waals surface area contributed by atoms with Crippen molar-refractivity contribution in [1.29, 1.82) is 0 Å². The van der Waals surface area contributed by atoms with Gasteiger partial charge in [0.1, 0.15) is 5.82 Å². The van der Waals surface area contributed by atoms with Crippen molar-refractivity contribution < 1.29 is 9.18 Å². The largest absolute Gasteiger partial charge is 0.331 e. The van der Waals surface area contributed by atoms with Crippen LogP contribution in [0.25, 0.3) is 5.69 Å². The first-order chi connectivity index (χ1) is 15.4. The van der Waals surface area contributed by atoms with Crippen LogP contribution in [0.1, 0.15) is 26.6 Å². The molecule has 9 heteroatoms. The molecule has 6 nitrogen and oxygen atoms in total. The molecule has 2 N–H and O–H groups in total. The summed E-state index contributed by atoms with van der Waals surface area (Å²) in [6.45, 7) is 3.71. The monoisotopic (exact) mass is 467 g/mol. The normalized spacial score (nSPS) is 11.1. The zero-order valence-electron chi connectivity index (χ0n) is 17.3. The van der Waals surface area contributed by atoms with Gasteiger partial charge in [0.15, 0.2) is 10.3 Å². The fourth-order valence-corrected chi connectivity index (χ4v) is 4.33. The lowest BCUT2D eigenvalue weighted by molar-refractivity contribution is 0.0954. The number of para-hydroxylation sites is 1. The average Bonchev–Trinajstić information content (AvgIpc) is 3.27. The maximum absolute atomic E-state index is 13.2. The summed E-state index contributed by atoms with van der Waals surface area (Å²) < 4.78 is 15.1. The summed E-state index contributed by atoms with van der Waals surface area (Å²) >= 11 is 7.52. The molecular weight excluding hydrogens is 449 g/mol. The molecule has 0 aliphatic rings. The number of halogens is 2. The molecule has 0 spiro atoms. The first-order valence-corrected chi connectivity index (χ1v) is 10.9. The van der Waals surface area contributed by atoms with Crippen molar-refractivity contribution in [3.05, 3.63) is 93.5 Å². The highest BCUT2D eigenvalue weighted by molar-refractivity contribution is 7.17. The van der Waals surface area contributed by atoms with E-state index in [1.807, 2.05) is 48.7 Å². The van der Waals surface area contributed by atoms with Crippen molar-refractivity contribution >= 4 is 45.9 Å². The molecule has 0 fully saturated rings. The number of hydrazone groups is 1. The van der Waals surface area contributed by atoms with E-state index in [4.69, 9.17) is 11.6 Å². The van der Waals surface area contributed by atoms with Gasteiger partial charge in [0.2, 0.25) is 0 Å². The topological polar surface area (TPSA) is 71.3 Å². The molecule has 0 saturated heterocycles. The van der Waals surface area contributed by atoms with E-state index in [0.717, 1.165) is 22.8 Å². The van der Waals surface area contributed by atoms with Gasteiger partial charge in [0, 0.05) is 22.8 Å². The third kappa shape index (κ3) is 4.71. The average molecular weight is 468 g/mol. The summed E-state index contributed by atoms with van der Waals surface area (Å²) in [6, 6.07) is 17.5. The standard InChI is InChI=1S/C23H19ClFN5OS/c1-14-12-19(15(2)30(14)18-10-8-16(25)9-11-18)22(31)29-26-13-20-21(24)28-23(32-20)27-17-6-4-3-5-7-17/h3-13H,1-2H3,(H,27,28)(H,29,31)/b26-13-. The number of nitrogens with zero attached hydrogens (tertiary/aromatic N) is 3. The van der Waals surface area contributed by atoms with Crippen LogP contribution in [0.15, 0.2) is 65.8 Å². The van der Waals surface area contributed by atoms with Crippen molar-refractivity contribution in [2.75, 3.05) is 5.32 Å². The van der Waals surface area contributed by atoms with Gasteiger partial charge < -0.3 is 9.88 Å². The molecule has 162 valence electrons. The van der Waals surface area contributed by atoms with Crippen molar-refractivity contribution in [3.8, 4) is 5.69 Å². The highest BCUT2D eigenvalue weighted by Gasteiger charge is 2.16. The van der Waals surface area contributed by atoms with E-state index in [1.165, 1.54) is 29.7 Å². The van der Waals surface area contributed by atoms with E-state index in [2.05, 4.69) is 20.8 Å². The Bertz CT molecular complexity index is 1280. The van der Waals surface area contributed by atoms with Gasteiger partial charge in [-0.2, -0.15) is 5.10 Å². The van der Waals surface area contributed by atoms with Crippen LogP contribution >= 0.6 is 22.9 Å². The molecule has 0 atom stereocenters. The van der Waals surface area contributed by atoms with Crippen LogP contribution in [-0.2, 0) is 0 Å². The Morgan fingerprint density at radius 2 is 1.88 bits per heavy atom. The van der Waals surface area contributed by atoms with Crippen molar-refractivity contribution in [3.63, 3.8) is 0 Å². The van der Waals surface area contributed by atoms with Crippen LogP contribution in [0, 0.1) is 19.7 Å². The second kappa shape index (κ2) is 9.33. The fraction of sp³-hybridized carbons (Fsp3) is 0.0870. The van der Waals surface area contributed by atoms with Crippen LogP contribution in [0.4, 0.5) is 15.2 Å². The van der Waals surface area contributed by atoms with Crippen LogP contribution < -0.4 is 10.7 Å². The van der Waals surface area contributed by atoms with E-state index >= 15 is 0 Å². The Morgan fingerprint density at radius 3 is 2.59 bits per heavy atom. The third-order valence-corrected chi connectivity index (χ3v) is 6.05. The Hall–Kier alpha value is -3.49. The molecule has 2 aromatic heterocycles. The molecule has 2 aromatic carbocycles. The minimum atomic E-state index is -0.356. The first kappa shape index (κ1) is 21.7. The zero-order valence-corrected chi connectivity index (χ0v) is 18.8. The van der Waals surface area contributed by atoms with Gasteiger partial charge in [-0.3, -0.25) is 4.79 Å². The molecule has 0 saturated carbocycles. The smallest absolute Gasteiger partial charge is 0.273 e. The summed E-state index contributed by atoms with van der Waals surface area (Å²) in [5, 5.41) is 8.13. The summed E-state index contributed by atoms with van der Waals surface area (Å²) in [4.78, 5) is 17.6. The molecule has 0 unspecified atom stereocenters. The highest BCUT2D eigenvalue weighted by Crippen LogP contribution is 2.28. The van der Waals surface area contributed by atoms with Crippen LogP contribution in [0.2, 0.25) is 5.15 Å². The maximum atomic E-state index is 13.2. The predicted molar refractivity (Wildman–Crippen MR) is 127 cm³/mol. The molecule has 0 bridgehead atoms. The number of anilines is 2. The minimum absolute atomic E-state index is 0.293. The predicted octanol–water partition coefficient (Wildman–Crippen LogP) is 5.85. The highest BCUT2D eigenvalue weighted by atomic mass is 35.5. The minimum Gasteiger partial charge on any atom is -0.331 e. The van der Waals surface area contributed by atoms with Crippen molar-refractivity contribution in [2.24, 2.45) is 5.10 Å². The number of carbonyl (C=O) groups is 1. The molecule has 0 aliphatic heterocycles. The molecule has 0 radical (unpaired) electrons. The fourth-order valence-electron chi connectivity index (χ4n) is 3.28. The number of amides is 1. The second-order valence-electron chi connectivity index (χ2n) is 6.96. The van der Waals surface area contributed by atoms with E-state index in [0.29, 0.717) is 20.7 Å². The van der Waals surface area contributed by atoms with E-state index in [9.17, 15) is 9.18 Å². The summed E-state index contributed by atoms with van der Waals surface area (Å²) in [5.74, 6) is -0.668. The van der Waals surface area contributed by atoms with Crippen LogP contribution in [0.5, 0.6) is 0 Å². The molecule has 1 amide bonds. The van der Waals surface area contributed by atoms with Gasteiger partial charge in [-0.05, 0) is 56.3 Å². The summed E-state index contributed by atoms with van der Waals surface area (Å²) in [5.41, 5.74) is 6.26. The van der Waals surface area contributed by atoms with E-state index in [-0.39, 0.29) is 11.7 Å². The van der Waals surface area contributed by atoms with Gasteiger partial charge in [-0.25, -0.2) is 14.8 Å². The lowest BCUT2D eigenvalue weighted by atomic mass is 10.2. The SMILES string of the molecule is Cc1cc(C(=O)N/N=C\c2sc(Nc3ccccc3)nc2Cl)c(C)n1-c1ccc(F)cc1. The number of hydrogen-bond acceptors (Lipinski definition) is 5. The van der Waals surface area contributed by atoms with E-state index < -0.39 is 0 Å². The summed E-state index contributed by atoms with van der Waals surface area (Å²) in [7, 11) is 0. The number of hydrogen-bond donors (Lipinski definition) is 2. The van der Waals surface area contributed by atoms with Gasteiger partial charge >= 0.3 is 0 Å². The van der Waals surface area contributed by atoms with Crippen LogP contribution in [-0.4, -0.2) is 21.7 Å². The molecular formula is C23H19ClFN5OS. The first-order valence-electron chi connectivity index (χ1n) is 9.69. The summed E-state index contributed by atoms with van der Waals surface area (Å²) in [6.07, 6.45) is 1.47. The third-order valence-electron chi connectivity index (χ3n) is 4.74. The molecule has 2 heterocycles. The van der Waals surface area contributed by atoms with Gasteiger partial charge in [-0.1, -0.05) is 41.1 Å². The van der Waals surface area contributed by atoms with Gasteiger partial charge in [-0.15, -0.1) is 0 Å².